The summed E-state index contributed by atoms with van der Waals surface area (Å²) in [6.07, 6.45) is 21.1. The van der Waals surface area contributed by atoms with Crippen molar-refractivity contribution in [2.24, 2.45) is 11.5 Å². The summed E-state index contributed by atoms with van der Waals surface area (Å²) in [6.45, 7) is 2.25. The Bertz CT molecular complexity index is 370. The molecule has 1 unspecified atom stereocenters. The zero-order valence-electron chi connectivity index (χ0n) is 16.1. The number of carbonyl (C=O) groups excluding carboxylic acids is 2. The summed E-state index contributed by atoms with van der Waals surface area (Å²) in [4.78, 5) is 21.6. The molecule has 0 aromatic carbocycles. The number of nitrogens with two attached hydrogens (primary N) is 2. The van der Waals surface area contributed by atoms with Crippen LogP contribution in [0.2, 0.25) is 0 Å². The lowest BCUT2D eigenvalue weighted by Gasteiger charge is -2.12. The van der Waals surface area contributed by atoms with Crippen molar-refractivity contribution in [3.63, 3.8) is 0 Å². The van der Waals surface area contributed by atoms with Gasteiger partial charge in [-0.15, -0.1) is 0 Å². The fourth-order valence-electron chi connectivity index (χ4n) is 2.75. The van der Waals surface area contributed by atoms with Gasteiger partial charge in [0.25, 0.3) is 0 Å². The van der Waals surface area contributed by atoms with E-state index in [4.69, 9.17) is 11.5 Å². The van der Waals surface area contributed by atoms with Gasteiger partial charge in [0.15, 0.2) is 0 Å². The van der Waals surface area contributed by atoms with Gasteiger partial charge in [0.1, 0.15) is 0 Å². The fourth-order valence-corrected chi connectivity index (χ4v) is 2.75. The molecule has 0 heterocycles. The normalized spacial score (nSPS) is 12.4. The first kappa shape index (κ1) is 23.6. The summed E-state index contributed by atoms with van der Waals surface area (Å²) in [5.74, 6) is -1.79. The quantitative estimate of drug-likeness (QED) is 0.170. The first-order valence-corrected chi connectivity index (χ1v) is 10.1. The van der Waals surface area contributed by atoms with Gasteiger partial charge in [-0.2, -0.15) is 0 Å². The van der Waals surface area contributed by atoms with Gasteiger partial charge in [-0.05, 0) is 32.1 Å². The van der Waals surface area contributed by atoms with Gasteiger partial charge >= 0.3 is 11.8 Å². The van der Waals surface area contributed by atoms with E-state index in [1.165, 1.54) is 70.6 Å². The molecule has 0 radical (unpaired) electrons. The highest BCUT2D eigenvalue weighted by Crippen LogP contribution is 2.10. The number of primary amides is 1. The maximum Gasteiger partial charge on any atom is 0.310 e. The molecule has 0 rings (SSSR count). The second kappa shape index (κ2) is 17.5. The van der Waals surface area contributed by atoms with Gasteiger partial charge in [0.2, 0.25) is 0 Å². The van der Waals surface area contributed by atoms with E-state index >= 15 is 0 Å². The van der Waals surface area contributed by atoms with Crippen LogP contribution in [-0.2, 0) is 9.59 Å². The summed E-state index contributed by atoms with van der Waals surface area (Å²) in [5.41, 5.74) is 10.6. The average molecular weight is 354 g/mol. The number of unbranched alkanes of at least 4 members (excludes halogenated alkanes) is 11. The van der Waals surface area contributed by atoms with Gasteiger partial charge in [-0.1, -0.05) is 76.9 Å². The molecule has 0 aromatic heterocycles. The number of hydrogen-bond donors (Lipinski definition) is 3. The van der Waals surface area contributed by atoms with Crippen molar-refractivity contribution in [2.75, 3.05) is 0 Å². The van der Waals surface area contributed by atoms with Crippen LogP contribution in [0.3, 0.4) is 0 Å². The Hall–Kier alpha value is -1.36. The van der Waals surface area contributed by atoms with Crippen molar-refractivity contribution in [3.8, 4) is 0 Å². The number of carbonyl (C=O) groups is 2. The zero-order chi connectivity index (χ0) is 18.8. The maximum atomic E-state index is 11.0. The van der Waals surface area contributed by atoms with Crippen LogP contribution in [0.4, 0.5) is 0 Å². The van der Waals surface area contributed by atoms with E-state index in [0.717, 1.165) is 12.8 Å². The number of rotatable bonds is 16. The molecule has 0 spiro atoms. The van der Waals surface area contributed by atoms with Crippen molar-refractivity contribution >= 4 is 11.8 Å². The lowest BCUT2D eigenvalue weighted by Crippen LogP contribution is -2.46. The zero-order valence-corrected chi connectivity index (χ0v) is 16.1. The van der Waals surface area contributed by atoms with E-state index in [2.05, 4.69) is 24.4 Å². The highest BCUT2D eigenvalue weighted by molar-refractivity contribution is 6.34. The molecule has 146 valence electrons. The molecule has 5 nitrogen and oxygen atoms in total. The Kier molecular flexibility index (Phi) is 16.5. The standard InChI is InChI=1S/C20H39N3O2/c1-2-3-4-5-6-7-8-9-10-11-12-13-14-15-16-17-18(21)23-20(25)19(22)24/h9-10,18H,2-8,11-17,21H2,1H3,(H2,22,24)(H,23,25)/b10-9-. The molecule has 0 aliphatic heterocycles. The van der Waals surface area contributed by atoms with Crippen molar-refractivity contribution in [1.82, 2.24) is 5.32 Å². The number of hydrogen-bond acceptors (Lipinski definition) is 3. The molecule has 0 aliphatic carbocycles. The van der Waals surface area contributed by atoms with Gasteiger partial charge in [0.05, 0.1) is 6.17 Å². The van der Waals surface area contributed by atoms with Crippen molar-refractivity contribution in [2.45, 2.75) is 103 Å². The molecule has 0 aliphatic rings. The van der Waals surface area contributed by atoms with Gasteiger partial charge < -0.3 is 16.8 Å². The van der Waals surface area contributed by atoms with E-state index in [0.29, 0.717) is 6.42 Å². The van der Waals surface area contributed by atoms with E-state index in [9.17, 15) is 9.59 Å². The summed E-state index contributed by atoms with van der Waals surface area (Å²) in [7, 11) is 0. The lowest BCUT2D eigenvalue weighted by atomic mass is 10.1. The first-order chi connectivity index (χ1) is 12.1. The van der Waals surface area contributed by atoms with Gasteiger partial charge in [-0.25, -0.2) is 0 Å². The smallest absolute Gasteiger partial charge is 0.310 e. The third kappa shape index (κ3) is 17.3. The van der Waals surface area contributed by atoms with Crippen LogP contribution >= 0.6 is 0 Å². The monoisotopic (exact) mass is 353 g/mol. The maximum absolute atomic E-state index is 11.0. The molecule has 0 fully saturated rings. The summed E-state index contributed by atoms with van der Waals surface area (Å²) >= 11 is 0. The molecule has 0 saturated carbocycles. The minimum atomic E-state index is -0.986. The molecule has 5 heteroatoms. The number of allylic oxidation sites excluding steroid dienone is 2. The molecule has 25 heavy (non-hydrogen) atoms. The summed E-state index contributed by atoms with van der Waals surface area (Å²) in [6, 6.07) is 0. The molecule has 0 aromatic rings. The molecular formula is C20H39N3O2. The summed E-state index contributed by atoms with van der Waals surface area (Å²) < 4.78 is 0. The van der Waals surface area contributed by atoms with Crippen molar-refractivity contribution < 1.29 is 9.59 Å². The number of nitrogens with one attached hydrogen (secondary N) is 1. The van der Waals surface area contributed by atoms with Crippen molar-refractivity contribution in [1.29, 1.82) is 0 Å². The largest absolute Gasteiger partial charge is 0.361 e. The fraction of sp³-hybridized carbons (Fsp3) is 0.800. The second-order valence-electron chi connectivity index (χ2n) is 6.82. The van der Waals surface area contributed by atoms with Crippen LogP contribution in [0.1, 0.15) is 96.8 Å². The van der Waals surface area contributed by atoms with Crippen LogP contribution < -0.4 is 16.8 Å². The van der Waals surface area contributed by atoms with Crippen LogP contribution in [0.25, 0.3) is 0 Å². The molecular weight excluding hydrogens is 314 g/mol. The van der Waals surface area contributed by atoms with Crippen LogP contribution in [0.5, 0.6) is 0 Å². The molecule has 5 N–H and O–H groups in total. The first-order valence-electron chi connectivity index (χ1n) is 10.1. The molecule has 0 saturated heterocycles. The van der Waals surface area contributed by atoms with Crippen LogP contribution in [0.15, 0.2) is 12.2 Å². The lowest BCUT2D eigenvalue weighted by molar-refractivity contribution is -0.137. The highest BCUT2D eigenvalue weighted by atomic mass is 16.2. The Labute approximate surface area is 154 Å². The third-order valence-corrected chi connectivity index (χ3v) is 4.32. The minimum Gasteiger partial charge on any atom is -0.361 e. The Morgan fingerprint density at radius 2 is 1.32 bits per heavy atom. The third-order valence-electron chi connectivity index (χ3n) is 4.32. The van der Waals surface area contributed by atoms with Crippen molar-refractivity contribution in [3.05, 3.63) is 12.2 Å². The Balaban J connectivity index is 3.29. The topological polar surface area (TPSA) is 98.2 Å². The van der Waals surface area contributed by atoms with E-state index in [1.807, 2.05) is 0 Å². The van der Waals surface area contributed by atoms with Gasteiger partial charge in [0, 0.05) is 0 Å². The predicted octanol–water partition coefficient (Wildman–Crippen LogP) is 3.91. The number of amides is 2. The van der Waals surface area contributed by atoms with Crippen LogP contribution in [-0.4, -0.2) is 18.0 Å². The summed E-state index contributed by atoms with van der Waals surface area (Å²) in [5, 5.41) is 2.38. The SMILES string of the molecule is CCCCCCCC/C=C\CCCCCCCC(N)NC(=O)C(N)=O. The Morgan fingerprint density at radius 3 is 1.84 bits per heavy atom. The van der Waals surface area contributed by atoms with Crippen LogP contribution in [0, 0.1) is 0 Å². The molecule has 0 bridgehead atoms. The molecule has 2 amide bonds. The highest BCUT2D eigenvalue weighted by Gasteiger charge is 2.11. The minimum absolute atomic E-state index is 0.482. The van der Waals surface area contributed by atoms with E-state index in [-0.39, 0.29) is 0 Å². The van der Waals surface area contributed by atoms with E-state index in [1.54, 1.807) is 0 Å². The Morgan fingerprint density at radius 1 is 0.840 bits per heavy atom. The predicted molar refractivity (Wildman–Crippen MR) is 105 cm³/mol. The van der Waals surface area contributed by atoms with E-state index < -0.39 is 18.0 Å². The molecule has 1 atom stereocenters. The average Bonchev–Trinajstić information content (AvgIpc) is 2.58. The van der Waals surface area contributed by atoms with Gasteiger partial charge in [-0.3, -0.25) is 9.59 Å². The second-order valence-corrected chi connectivity index (χ2v) is 6.82.